The van der Waals surface area contributed by atoms with E-state index in [0.29, 0.717) is 6.54 Å². The number of nitrogens with one attached hydrogen (secondary N) is 2. The Bertz CT molecular complexity index is 659. The lowest BCUT2D eigenvalue weighted by atomic mass is 10.1. The van der Waals surface area contributed by atoms with Gasteiger partial charge in [0.2, 0.25) is 0 Å². The number of halogens is 1. The molecule has 2 aromatic carbocycles. The van der Waals surface area contributed by atoms with Crippen LogP contribution in [0.2, 0.25) is 0 Å². The van der Waals surface area contributed by atoms with E-state index in [-0.39, 0.29) is 24.0 Å². The summed E-state index contributed by atoms with van der Waals surface area (Å²) < 4.78 is 5.37. The van der Waals surface area contributed by atoms with Crippen molar-refractivity contribution in [2.24, 2.45) is 4.99 Å². The van der Waals surface area contributed by atoms with Crippen LogP contribution in [0, 0.1) is 6.92 Å². The third-order valence-electron chi connectivity index (χ3n) is 3.65. The van der Waals surface area contributed by atoms with Gasteiger partial charge in [-0.15, -0.1) is 24.0 Å². The summed E-state index contributed by atoms with van der Waals surface area (Å²) in [6.45, 7) is 6.34. The fraction of sp³-hybridized carbons (Fsp3) is 0.316. The Hall–Kier alpha value is -1.76. The average molecular weight is 439 g/mol. The number of ether oxygens (including phenoxy) is 1. The van der Waals surface area contributed by atoms with Gasteiger partial charge in [-0.2, -0.15) is 0 Å². The maximum atomic E-state index is 5.37. The number of guanidine groups is 1. The molecule has 0 fully saturated rings. The summed E-state index contributed by atoms with van der Waals surface area (Å²) in [6, 6.07) is 16.3. The maximum Gasteiger partial charge on any atom is 0.191 e. The zero-order valence-corrected chi connectivity index (χ0v) is 16.8. The summed E-state index contributed by atoms with van der Waals surface area (Å²) >= 11 is 0. The lowest BCUT2D eigenvalue weighted by Gasteiger charge is -2.13. The molecule has 0 amide bonds. The Labute approximate surface area is 161 Å². The molecule has 2 N–H and O–H groups in total. The Morgan fingerprint density at radius 3 is 2.33 bits per heavy atom. The molecule has 2 rings (SSSR count). The summed E-state index contributed by atoms with van der Waals surface area (Å²) in [7, 11) is 1.68. The molecule has 24 heavy (non-hydrogen) atoms. The summed E-state index contributed by atoms with van der Waals surface area (Å²) in [4.78, 5) is 4.65. The van der Waals surface area contributed by atoms with Crippen LogP contribution >= 0.6 is 24.0 Å². The quantitative estimate of drug-likeness (QED) is 0.408. The van der Waals surface area contributed by atoms with Gasteiger partial charge in [0.1, 0.15) is 5.75 Å². The molecule has 2 aromatic rings. The zero-order chi connectivity index (χ0) is 16.5. The molecule has 0 heterocycles. The highest BCUT2D eigenvalue weighted by atomic mass is 127. The lowest BCUT2D eigenvalue weighted by Crippen LogP contribution is -2.36. The van der Waals surface area contributed by atoms with Crippen LogP contribution in [-0.2, 0) is 13.1 Å². The molecular weight excluding hydrogens is 413 g/mol. The first-order chi connectivity index (χ1) is 11.2. The van der Waals surface area contributed by atoms with Crippen molar-refractivity contribution < 1.29 is 4.74 Å². The van der Waals surface area contributed by atoms with E-state index in [2.05, 4.69) is 53.7 Å². The molecule has 5 heteroatoms. The number of rotatable bonds is 6. The van der Waals surface area contributed by atoms with Gasteiger partial charge in [-0.3, -0.25) is 0 Å². The van der Waals surface area contributed by atoms with Crippen molar-refractivity contribution in [1.82, 2.24) is 10.6 Å². The summed E-state index contributed by atoms with van der Waals surface area (Å²) in [6.07, 6.45) is 0. The molecule has 0 bridgehead atoms. The highest BCUT2D eigenvalue weighted by Gasteiger charge is 2.03. The summed E-state index contributed by atoms with van der Waals surface area (Å²) in [5, 5.41) is 6.66. The predicted octanol–water partition coefficient (Wildman–Crippen LogP) is 3.88. The van der Waals surface area contributed by atoms with E-state index in [9.17, 15) is 0 Å². The van der Waals surface area contributed by atoms with Crippen LogP contribution in [0.15, 0.2) is 53.5 Å². The molecule has 0 unspecified atom stereocenters. The number of aliphatic imine (C=N–C) groups is 1. The van der Waals surface area contributed by atoms with Gasteiger partial charge in [0.15, 0.2) is 5.96 Å². The van der Waals surface area contributed by atoms with Crippen molar-refractivity contribution >= 4 is 29.9 Å². The number of benzene rings is 2. The number of hydrogen-bond donors (Lipinski definition) is 2. The van der Waals surface area contributed by atoms with Gasteiger partial charge in [0.05, 0.1) is 13.7 Å². The first-order valence-corrected chi connectivity index (χ1v) is 7.93. The normalized spacial score (nSPS) is 10.7. The van der Waals surface area contributed by atoms with Crippen molar-refractivity contribution in [1.29, 1.82) is 0 Å². The second-order valence-electron chi connectivity index (χ2n) is 5.29. The lowest BCUT2D eigenvalue weighted by molar-refractivity contribution is 0.410. The monoisotopic (exact) mass is 439 g/mol. The summed E-state index contributed by atoms with van der Waals surface area (Å²) in [5.41, 5.74) is 3.62. The number of nitrogens with zero attached hydrogens (tertiary/aromatic N) is 1. The fourth-order valence-corrected chi connectivity index (χ4v) is 2.33. The average Bonchev–Trinajstić information content (AvgIpc) is 2.59. The van der Waals surface area contributed by atoms with Crippen LogP contribution in [0.5, 0.6) is 5.75 Å². The molecule has 130 valence electrons. The van der Waals surface area contributed by atoms with Crippen LogP contribution in [0.3, 0.4) is 0 Å². The van der Waals surface area contributed by atoms with E-state index in [1.807, 2.05) is 24.3 Å². The van der Waals surface area contributed by atoms with Crippen LogP contribution < -0.4 is 15.4 Å². The minimum absolute atomic E-state index is 0. The maximum absolute atomic E-state index is 5.37. The molecule has 0 aliphatic rings. The van der Waals surface area contributed by atoms with E-state index in [1.165, 1.54) is 11.1 Å². The Morgan fingerprint density at radius 2 is 1.67 bits per heavy atom. The predicted molar refractivity (Wildman–Crippen MR) is 111 cm³/mol. The minimum Gasteiger partial charge on any atom is -0.496 e. The van der Waals surface area contributed by atoms with Gasteiger partial charge < -0.3 is 15.4 Å². The third kappa shape index (κ3) is 6.03. The SMILES string of the molecule is CCNC(=NCc1ccccc1OC)NCc1ccccc1C.I. The smallest absolute Gasteiger partial charge is 0.191 e. The largest absolute Gasteiger partial charge is 0.496 e. The Morgan fingerprint density at radius 1 is 1.00 bits per heavy atom. The first-order valence-electron chi connectivity index (χ1n) is 7.93. The first kappa shape index (κ1) is 20.3. The van der Waals surface area contributed by atoms with E-state index >= 15 is 0 Å². The van der Waals surface area contributed by atoms with E-state index in [1.54, 1.807) is 7.11 Å². The number of aryl methyl sites for hydroxylation is 1. The second-order valence-corrected chi connectivity index (χ2v) is 5.29. The van der Waals surface area contributed by atoms with Crippen LogP contribution in [0.4, 0.5) is 0 Å². The van der Waals surface area contributed by atoms with E-state index in [0.717, 1.165) is 30.4 Å². The highest BCUT2D eigenvalue weighted by molar-refractivity contribution is 14.0. The van der Waals surface area contributed by atoms with Gasteiger partial charge in [-0.05, 0) is 31.0 Å². The molecule has 0 atom stereocenters. The minimum atomic E-state index is 0. The molecule has 0 aliphatic heterocycles. The molecular formula is C19H26IN3O. The molecule has 0 aromatic heterocycles. The molecule has 0 radical (unpaired) electrons. The van der Waals surface area contributed by atoms with Gasteiger partial charge >= 0.3 is 0 Å². The van der Waals surface area contributed by atoms with Crippen molar-refractivity contribution in [2.75, 3.05) is 13.7 Å². The van der Waals surface area contributed by atoms with Crippen LogP contribution in [0.25, 0.3) is 0 Å². The topological polar surface area (TPSA) is 45.7 Å². The van der Waals surface area contributed by atoms with Crippen molar-refractivity contribution in [3.8, 4) is 5.75 Å². The second kappa shape index (κ2) is 10.9. The third-order valence-corrected chi connectivity index (χ3v) is 3.65. The van der Waals surface area contributed by atoms with Crippen molar-refractivity contribution in [3.63, 3.8) is 0 Å². The van der Waals surface area contributed by atoms with Crippen LogP contribution in [-0.4, -0.2) is 19.6 Å². The van der Waals surface area contributed by atoms with Gasteiger partial charge in [0, 0.05) is 18.7 Å². The van der Waals surface area contributed by atoms with Gasteiger partial charge in [0.25, 0.3) is 0 Å². The molecule has 4 nitrogen and oxygen atoms in total. The van der Waals surface area contributed by atoms with Gasteiger partial charge in [-0.1, -0.05) is 42.5 Å². The highest BCUT2D eigenvalue weighted by Crippen LogP contribution is 2.17. The fourth-order valence-electron chi connectivity index (χ4n) is 2.33. The van der Waals surface area contributed by atoms with Crippen molar-refractivity contribution in [2.45, 2.75) is 26.9 Å². The number of hydrogen-bond acceptors (Lipinski definition) is 2. The Balaban J connectivity index is 0.00000288. The summed E-state index contributed by atoms with van der Waals surface area (Å²) in [5.74, 6) is 1.67. The standard InChI is InChI=1S/C19H25N3O.HI/c1-4-20-19(21-13-16-10-6-5-9-15(16)2)22-14-17-11-7-8-12-18(17)23-3;/h5-12H,4,13-14H2,1-3H3,(H2,20,21,22);1H. The molecule has 0 saturated heterocycles. The molecule has 0 aliphatic carbocycles. The zero-order valence-electron chi connectivity index (χ0n) is 14.5. The molecule has 0 spiro atoms. The number of para-hydroxylation sites is 1. The van der Waals surface area contributed by atoms with E-state index in [4.69, 9.17) is 4.74 Å². The van der Waals surface area contributed by atoms with E-state index < -0.39 is 0 Å². The number of methoxy groups -OCH3 is 1. The molecule has 0 saturated carbocycles. The Kier molecular flexibility index (Phi) is 9.22. The van der Waals surface area contributed by atoms with Crippen LogP contribution in [0.1, 0.15) is 23.6 Å². The van der Waals surface area contributed by atoms with Crippen molar-refractivity contribution in [3.05, 3.63) is 65.2 Å². The van der Waals surface area contributed by atoms with Gasteiger partial charge in [-0.25, -0.2) is 4.99 Å².